The molecule has 1 N–H and O–H groups in total. The number of rotatable bonds is 5. The number of ketones is 1. The maximum Gasteiger partial charge on any atom is 0.155 e. The third-order valence-corrected chi connectivity index (χ3v) is 1.18. The molecule has 13 heavy (non-hydrogen) atoms. The molecular weight excluding hydrogens is 172 g/mol. The SMILES string of the molecule is CCC(O)COC.COCC(C)=O. The van der Waals surface area contributed by atoms with Gasteiger partial charge in [-0.25, -0.2) is 0 Å². The molecule has 0 aromatic heterocycles. The van der Waals surface area contributed by atoms with Gasteiger partial charge in [-0.3, -0.25) is 4.79 Å². The Bertz CT molecular complexity index is 114. The summed E-state index contributed by atoms with van der Waals surface area (Å²) in [6.07, 6.45) is 0.499. The molecule has 0 saturated carbocycles. The summed E-state index contributed by atoms with van der Waals surface area (Å²) in [6.45, 7) is 4.10. The number of aliphatic hydroxyl groups is 1. The minimum Gasteiger partial charge on any atom is -0.391 e. The molecule has 0 heterocycles. The van der Waals surface area contributed by atoms with Crippen molar-refractivity contribution in [3.63, 3.8) is 0 Å². The molecular formula is C9H20O4. The highest BCUT2D eigenvalue weighted by molar-refractivity contribution is 5.76. The second-order valence-corrected chi connectivity index (χ2v) is 2.65. The first-order chi connectivity index (χ1) is 6.08. The molecule has 0 bridgehead atoms. The fraction of sp³-hybridized carbons (Fsp3) is 0.889. The van der Waals surface area contributed by atoms with Crippen molar-refractivity contribution in [1.82, 2.24) is 0 Å². The van der Waals surface area contributed by atoms with Gasteiger partial charge in [0.2, 0.25) is 0 Å². The Balaban J connectivity index is 0. The van der Waals surface area contributed by atoms with E-state index in [1.54, 1.807) is 7.11 Å². The summed E-state index contributed by atoms with van der Waals surface area (Å²) in [5.41, 5.74) is 0. The van der Waals surface area contributed by atoms with Crippen LogP contribution in [-0.4, -0.2) is 44.4 Å². The Morgan fingerprint density at radius 3 is 2.00 bits per heavy atom. The molecule has 0 aliphatic heterocycles. The number of aliphatic hydroxyl groups excluding tert-OH is 1. The Morgan fingerprint density at radius 2 is 1.92 bits per heavy atom. The first-order valence-corrected chi connectivity index (χ1v) is 4.23. The van der Waals surface area contributed by atoms with E-state index in [1.165, 1.54) is 14.0 Å². The lowest BCUT2D eigenvalue weighted by Crippen LogP contribution is -2.11. The van der Waals surface area contributed by atoms with E-state index in [9.17, 15) is 4.79 Å². The van der Waals surface area contributed by atoms with Crippen LogP contribution in [-0.2, 0) is 14.3 Å². The lowest BCUT2D eigenvalue weighted by Gasteiger charge is -2.02. The number of carbonyl (C=O) groups is 1. The van der Waals surface area contributed by atoms with Gasteiger partial charge in [0.25, 0.3) is 0 Å². The van der Waals surface area contributed by atoms with Gasteiger partial charge in [0, 0.05) is 14.2 Å². The monoisotopic (exact) mass is 192 g/mol. The van der Waals surface area contributed by atoms with Crippen LogP contribution in [0.4, 0.5) is 0 Å². The highest BCUT2D eigenvalue weighted by Gasteiger charge is 1.95. The minimum atomic E-state index is -0.273. The van der Waals surface area contributed by atoms with E-state index < -0.39 is 0 Å². The van der Waals surface area contributed by atoms with Crippen LogP contribution >= 0.6 is 0 Å². The van der Waals surface area contributed by atoms with Crippen LogP contribution in [0.1, 0.15) is 20.3 Å². The Morgan fingerprint density at radius 1 is 1.38 bits per heavy atom. The fourth-order valence-corrected chi connectivity index (χ4v) is 0.514. The van der Waals surface area contributed by atoms with E-state index in [0.29, 0.717) is 6.61 Å². The molecule has 1 atom stereocenters. The molecule has 4 nitrogen and oxygen atoms in total. The van der Waals surface area contributed by atoms with Crippen LogP contribution in [0.5, 0.6) is 0 Å². The van der Waals surface area contributed by atoms with Crippen molar-refractivity contribution in [2.45, 2.75) is 26.4 Å². The highest BCUT2D eigenvalue weighted by Crippen LogP contribution is 1.87. The topological polar surface area (TPSA) is 55.8 Å². The van der Waals surface area contributed by atoms with Crippen molar-refractivity contribution in [3.05, 3.63) is 0 Å². The summed E-state index contributed by atoms with van der Waals surface area (Å²) in [6, 6.07) is 0. The lowest BCUT2D eigenvalue weighted by atomic mass is 10.3. The number of hydrogen-bond donors (Lipinski definition) is 1. The lowest BCUT2D eigenvalue weighted by molar-refractivity contribution is -0.120. The van der Waals surface area contributed by atoms with E-state index in [0.717, 1.165) is 6.42 Å². The summed E-state index contributed by atoms with van der Waals surface area (Å²) < 4.78 is 9.10. The van der Waals surface area contributed by atoms with Crippen molar-refractivity contribution >= 4 is 5.78 Å². The van der Waals surface area contributed by atoms with Gasteiger partial charge in [-0.1, -0.05) is 6.92 Å². The van der Waals surface area contributed by atoms with E-state index in [-0.39, 0.29) is 18.5 Å². The zero-order chi connectivity index (χ0) is 10.7. The zero-order valence-electron chi connectivity index (χ0n) is 8.87. The summed E-state index contributed by atoms with van der Waals surface area (Å²) in [5.74, 6) is 0.0671. The fourth-order valence-electron chi connectivity index (χ4n) is 0.514. The van der Waals surface area contributed by atoms with Gasteiger partial charge in [-0.05, 0) is 13.3 Å². The molecule has 0 saturated heterocycles. The third kappa shape index (κ3) is 18.5. The minimum absolute atomic E-state index is 0.0671. The van der Waals surface area contributed by atoms with Crippen LogP contribution in [0.3, 0.4) is 0 Å². The standard InChI is InChI=1S/C5H12O2.C4H8O2/c1-3-5(6)4-7-2;1-4(5)3-6-2/h5-6H,3-4H2,1-2H3;3H2,1-2H3. The normalized spacial score (nSPS) is 11.5. The van der Waals surface area contributed by atoms with Gasteiger partial charge in [-0.15, -0.1) is 0 Å². The Hall–Kier alpha value is -0.450. The van der Waals surface area contributed by atoms with Crippen LogP contribution in [0.25, 0.3) is 0 Å². The second kappa shape index (κ2) is 11.6. The van der Waals surface area contributed by atoms with Crippen molar-refractivity contribution in [2.24, 2.45) is 0 Å². The predicted octanol–water partition coefficient (Wildman–Crippen LogP) is 0.625. The van der Waals surface area contributed by atoms with Crippen LogP contribution in [0.15, 0.2) is 0 Å². The van der Waals surface area contributed by atoms with Crippen LogP contribution in [0.2, 0.25) is 0 Å². The first-order valence-electron chi connectivity index (χ1n) is 4.23. The van der Waals surface area contributed by atoms with Gasteiger partial charge in [0.05, 0.1) is 12.7 Å². The summed E-state index contributed by atoms with van der Waals surface area (Å²) in [5, 5.41) is 8.73. The van der Waals surface area contributed by atoms with Gasteiger partial charge < -0.3 is 14.6 Å². The smallest absolute Gasteiger partial charge is 0.155 e. The van der Waals surface area contributed by atoms with E-state index in [2.05, 4.69) is 9.47 Å². The largest absolute Gasteiger partial charge is 0.391 e. The number of carbonyl (C=O) groups excluding carboxylic acids is 1. The maximum atomic E-state index is 9.92. The molecule has 0 spiro atoms. The number of hydrogen-bond acceptors (Lipinski definition) is 4. The van der Waals surface area contributed by atoms with E-state index >= 15 is 0 Å². The van der Waals surface area contributed by atoms with Crippen molar-refractivity contribution in [1.29, 1.82) is 0 Å². The van der Waals surface area contributed by atoms with E-state index in [4.69, 9.17) is 5.11 Å². The summed E-state index contributed by atoms with van der Waals surface area (Å²) in [4.78, 5) is 9.92. The molecule has 0 aliphatic carbocycles. The number of methoxy groups -OCH3 is 2. The average Bonchev–Trinajstić information content (AvgIpc) is 2.05. The van der Waals surface area contributed by atoms with Gasteiger partial charge in [0.15, 0.2) is 5.78 Å². The summed E-state index contributed by atoms with van der Waals surface area (Å²) >= 11 is 0. The van der Waals surface area contributed by atoms with Gasteiger partial charge in [-0.2, -0.15) is 0 Å². The zero-order valence-corrected chi connectivity index (χ0v) is 8.87. The Labute approximate surface area is 79.8 Å². The molecule has 80 valence electrons. The molecule has 0 rings (SSSR count). The average molecular weight is 192 g/mol. The summed E-state index contributed by atoms with van der Waals surface area (Å²) in [7, 11) is 3.08. The molecule has 0 aliphatic rings. The predicted molar refractivity (Wildman–Crippen MR) is 50.7 cm³/mol. The quantitative estimate of drug-likeness (QED) is 0.694. The van der Waals surface area contributed by atoms with Gasteiger partial charge in [0.1, 0.15) is 6.61 Å². The Kier molecular flexibility index (Phi) is 13.4. The third-order valence-electron chi connectivity index (χ3n) is 1.18. The van der Waals surface area contributed by atoms with Crippen molar-refractivity contribution in [2.75, 3.05) is 27.4 Å². The maximum absolute atomic E-state index is 9.92. The molecule has 1 unspecified atom stereocenters. The molecule has 4 heteroatoms. The van der Waals surface area contributed by atoms with Crippen molar-refractivity contribution < 1.29 is 19.4 Å². The molecule has 0 radical (unpaired) electrons. The molecule has 0 aromatic rings. The second-order valence-electron chi connectivity index (χ2n) is 2.65. The van der Waals surface area contributed by atoms with Crippen molar-refractivity contribution in [3.8, 4) is 0 Å². The van der Waals surface area contributed by atoms with Crippen LogP contribution < -0.4 is 0 Å². The molecule has 0 aromatic carbocycles. The first kappa shape index (κ1) is 15.0. The number of ether oxygens (including phenoxy) is 2. The number of Topliss-reactive ketones (excluding diaryl/α,β-unsaturated/α-hetero) is 1. The molecule has 0 fully saturated rings. The highest BCUT2D eigenvalue weighted by atomic mass is 16.5. The molecule has 0 amide bonds. The van der Waals surface area contributed by atoms with Crippen LogP contribution in [0, 0.1) is 0 Å². The van der Waals surface area contributed by atoms with E-state index in [1.807, 2.05) is 6.92 Å². The van der Waals surface area contributed by atoms with Gasteiger partial charge >= 0.3 is 0 Å².